The molecule has 0 fully saturated rings. The molecule has 0 heterocycles. The van der Waals surface area contributed by atoms with E-state index in [1.165, 1.54) is 0 Å². The highest BCUT2D eigenvalue weighted by molar-refractivity contribution is 7.81. The van der Waals surface area contributed by atoms with Crippen molar-refractivity contribution in [3.05, 3.63) is 24.3 Å². The van der Waals surface area contributed by atoms with Crippen LogP contribution in [0.15, 0.2) is 24.3 Å². The lowest BCUT2D eigenvalue weighted by Gasteiger charge is -2.11. The predicted octanol–water partition coefficient (Wildman–Crippen LogP) is 4.17. The number of nitrogens with one attached hydrogen (secondary N) is 1. The van der Waals surface area contributed by atoms with Gasteiger partial charge in [0, 0.05) is 24.3 Å². The quantitative estimate of drug-likeness (QED) is 0.341. The molecule has 0 saturated heterocycles. The van der Waals surface area contributed by atoms with Crippen LogP contribution in [0.2, 0.25) is 0 Å². The Balaban J connectivity index is 2.08. The van der Waals surface area contributed by atoms with Crippen LogP contribution in [0, 0.1) is 5.92 Å². The number of rotatable bonds is 12. The highest BCUT2D eigenvalue weighted by atomic mass is 32.1. The van der Waals surface area contributed by atoms with Gasteiger partial charge in [-0.25, -0.2) is 0 Å². The van der Waals surface area contributed by atoms with Crippen molar-refractivity contribution in [2.75, 3.05) is 25.1 Å². The van der Waals surface area contributed by atoms with Gasteiger partial charge in [0.05, 0.1) is 12.0 Å². The number of hydrogen-bond acceptors (Lipinski definition) is 5. The van der Waals surface area contributed by atoms with E-state index >= 15 is 0 Å². The molecular formula is C18H29NO3S. The SMILES string of the molecule is CC(S)Nc1cccc(OCCCCCOCC(=O)C(C)C)c1. The first kappa shape index (κ1) is 19.8. The third-order valence-electron chi connectivity index (χ3n) is 3.30. The van der Waals surface area contributed by atoms with Crippen molar-refractivity contribution in [3.8, 4) is 5.75 Å². The van der Waals surface area contributed by atoms with Gasteiger partial charge in [0.2, 0.25) is 0 Å². The van der Waals surface area contributed by atoms with Crippen molar-refractivity contribution in [2.24, 2.45) is 5.92 Å². The fourth-order valence-electron chi connectivity index (χ4n) is 1.93. The molecule has 0 aliphatic carbocycles. The Bertz CT molecular complexity index is 463. The number of unbranched alkanes of at least 4 members (excludes halogenated alkanes) is 2. The number of benzene rings is 1. The number of carbonyl (C=O) groups excluding carboxylic acids is 1. The second kappa shape index (κ2) is 11.4. The minimum atomic E-state index is 0.0548. The van der Waals surface area contributed by atoms with Crippen molar-refractivity contribution in [3.63, 3.8) is 0 Å². The maximum Gasteiger partial charge on any atom is 0.160 e. The Morgan fingerprint density at radius 3 is 2.61 bits per heavy atom. The third kappa shape index (κ3) is 9.51. The summed E-state index contributed by atoms with van der Waals surface area (Å²) < 4.78 is 11.1. The van der Waals surface area contributed by atoms with Crippen LogP contribution in [0.3, 0.4) is 0 Å². The summed E-state index contributed by atoms with van der Waals surface area (Å²) in [7, 11) is 0. The molecule has 1 aromatic rings. The van der Waals surface area contributed by atoms with Crippen molar-refractivity contribution in [1.82, 2.24) is 0 Å². The molecule has 0 aliphatic heterocycles. The number of thiol groups is 1. The molecule has 0 saturated carbocycles. The van der Waals surface area contributed by atoms with Gasteiger partial charge in [0.15, 0.2) is 5.78 Å². The lowest BCUT2D eigenvalue weighted by molar-refractivity contribution is -0.126. The summed E-state index contributed by atoms with van der Waals surface area (Å²) in [6, 6.07) is 7.89. The van der Waals surface area contributed by atoms with E-state index < -0.39 is 0 Å². The molecule has 4 nitrogen and oxygen atoms in total. The van der Waals surface area contributed by atoms with Crippen molar-refractivity contribution in [1.29, 1.82) is 0 Å². The standard InChI is InChI=1S/C18H29NO3S/c1-14(2)18(20)13-21-10-5-4-6-11-22-17-9-7-8-16(12-17)19-15(3)23/h7-9,12,14-15,19,23H,4-6,10-11,13H2,1-3H3. The van der Waals surface area contributed by atoms with Gasteiger partial charge in [-0.1, -0.05) is 19.9 Å². The first-order chi connectivity index (χ1) is 11.0. The van der Waals surface area contributed by atoms with E-state index in [1.54, 1.807) is 0 Å². The second-order valence-corrected chi connectivity index (χ2v) is 6.71. The van der Waals surface area contributed by atoms with Crippen molar-refractivity contribution in [2.45, 2.75) is 45.4 Å². The number of ether oxygens (including phenoxy) is 2. The minimum absolute atomic E-state index is 0.0548. The number of Topliss-reactive ketones (excluding diaryl/α,β-unsaturated/α-hetero) is 1. The zero-order valence-corrected chi connectivity index (χ0v) is 15.3. The predicted molar refractivity (Wildman–Crippen MR) is 98.5 cm³/mol. The topological polar surface area (TPSA) is 47.6 Å². The molecule has 0 spiro atoms. The zero-order valence-electron chi connectivity index (χ0n) is 14.4. The average molecular weight is 340 g/mol. The fraction of sp³-hybridized carbons (Fsp3) is 0.611. The summed E-state index contributed by atoms with van der Waals surface area (Å²) in [5.74, 6) is 1.08. The van der Waals surface area contributed by atoms with Gasteiger partial charge >= 0.3 is 0 Å². The summed E-state index contributed by atoms with van der Waals surface area (Å²) in [6.07, 6.45) is 2.96. The number of anilines is 1. The Kier molecular flexibility index (Phi) is 9.80. The molecule has 1 unspecified atom stereocenters. The summed E-state index contributed by atoms with van der Waals surface area (Å²) in [5, 5.41) is 3.33. The molecule has 1 atom stereocenters. The summed E-state index contributed by atoms with van der Waals surface area (Å²) in [5.41, 5.74) is 1.01. The van der Waals surface area contributed by atoms with Gasteiger partial charge in [-0.2, -0.15) is 12.6 Å². The monoisotopic (exact) mass is 339 g/mol. The first-order valence-electron chi connectivity index (χ1n) is 8.27. The Morgan fingerprint density at radius 1 is 1.17 bits per heavy atom. The van der Waals surface area contributed by atoms with E-state index in [0.29, 0.717) is 13.2 Å². The van der Waals surface area contributed by atoms with Crippen LogP contribution in [0.4, 0.5) is 5.69 Å². The van der Waals surface area contributed by atoms with Crippen LogP contribution in [-0.2, 0) is 9.53 Å². The van der Waals surface area contributed by atoms with E-state index in [9.17, 15) is 4.79 Å². The van der Waals surface area contributed by atoms with Gasteiger partial charge in [-0.15, -0.1) is 0 Å². The second-order valence-electron chi connectivity index (χ2n) is 5.93. The summed E-state index contributed by atoms with van der Waals surface area (Å²) in [4.78, 5) is 11.4. The van der Waals surface area contributed by atoms with Gasteiger partial charge in [-0.05, 0) is 38.3 Å². The molecule has 1 rings (SSSR count). The van der Waals surface area contributed by atoms with Crippen LogP contribution in [0.25, 0.3) is 0 Å². The Hall–Kier alpha value is -1.20. The molecule has 1 aromatic carbocycles. The maximum absolute atomic E-state index is 11.4. The Morgan fingerprint density at radius 2 is 1.91 bits per heavy atom. The van der Waals surface area contributed by atoms with Crippen LogP contribution in [-0.4, -0.2) is 31.0 Å². The van der Waals surface area contributed by atoms with E-state index in [4.69, 9.17) is 9.47 Å². The van der Waals surface area contributed by atoms with Crippen LogP contribution < -0.4 is 10.1 Å². The number of hydrogen-bond donors (Lipinski definition) is 2. The van der Waals surface area contributed by atoms with Crippen molar-refractivity contribution < 1.29 is 14.3 Å². The summed E-state index contributed by atoms with van der Waals surface area (Å²) >= 11 is 4.31. The molecule has 23 heavy (non-hydrogen) atoms. The van der Waals surface area contributed by atoms with Crippen molar-refractivity contribution >= 4 is 24.1 Å². The van der Waals surface area contributed by atoms with Gasteiger partial charge < -0.3 is 14.8 Å². The Labute approximate surface area is 145 Å². The largest absolute Gasteiger partial charge is 0.494 e. The highest BCUT2D eigenvalue weighted by Crippen LogP contribution is 2.18. The summed E-state index contributed by atoms with van der Waals surface area (Å²) in [6.45, 7) is 7.32. The van der Waals surface area contributed by atoms with Gasteiger partial charge in [-0.3, -0.25) is 4.79 Å². The minimum Gasteiger partial charge on any atom is -0.494 e. The number of carbonyl (C=O) groups is 1. The molecular weight excluding hydrogens is 310 g/mol. The lowest BCUT2D eigenvalue weighted by Crippen LogP contribution is -2.15. The molecule has 0 amide bonds. The van der Waals surface area contributed by atoms with Gasteiger partial charge in [0.1, 0.15) is 12.4 Å². The smallest absolute Gasteiger partial charge is 0.160 e. The van der Waals surface area contributed by atoms with E-state index in [-0.39, 0.29) is 23.7 Å². The van der Waals surface area contributed by atoms with Crippen LogP contribution >= 0.6 is 12.6 Å². The van der Waals surface area contributed by atoms with E-state index in [1.807, 2.05) is 45.0 Å². The average Bonchev–Trinajstić information content (AvgIpc) is 2.49. The third-order valence-corrected chi connectivity index (χ3v) is 3.43. The van der Waals surface area contributed by atoms with E-state index in [2.05, 4.69) is 17.9 Å². The highest BCUT2D eigenvalue weighted by Gasteiger charge is 2.06. The molecule has 130 valence electrons. The molecule has 1 N–H and O–H groups in total. The van der Waals surface area contributed by atoms with E-state index in [0.717, 1.165) is 30.7 Å². The molecule has 0 bridgehead atoms. The first-order valence-corrected chi connectivity index (χ1v) is 8.78. The zero-order chi connectivity index (χ0) is 17.1. The normalized spacial score (nSPS) is 12.2. The fourth-order valence-corrected chi connectivity index (χ4v) is 2.08. The molecule has 5 heteroatoms. The van der Waals surface area contributed by atoms with Crippen LogP contribution in [0.5, 0.6) is 5.75 Å². The maximum atomic E-state index is 11.4. The molecule has 0 radical (unpaired) electrons. The molecule has 0 aliphatic rings. The lowest BCUT2D eigenvalue weighted by atomic mass is 10.1. The number of ketones is 1. The molecule has 0 aromatic heterocycles. The van der Waals surface area contributed by atoms with Crippen LogP contribution in [0.1, 0.15) is 40.0 Å². The van der Waals surface area contributed by atoms with Gasteiger partial charge in [0.25, 0.3) is 0 Å².